The van der Waals surface area contributed by atoms with Crippen molar-refractivity contribution in [1.82, 2.24) is 30.7 Å². The van der Waals surface area contributed by atoms with Crippen molar-refractivity contribution >= 4 is 0 Å². The SMILES string of the molecule is CCCNC(c1cncnc1)c1cn[nH]n1. The summed E-state index contributed by atoms with van der Waals surface area (Å²) in [6.07, 6.45) is 7.86. The zero-order valence-corrected chi connectivity index (χ0v) is 9.09. The molecule has 2 N–H and O–H groups in total. The molecule has 0 saturated carbocycles. The van der Waals surface area contributed by atoms with Crippen molar-refractivity contribution in [3.8, 4) is 0 Å². The third kappa shape index (κ3) is 2.40. The van der Waals surface area contributed by atoms with Gasteiger partial charge in [0, 0.05) is 18.0 Å². The second-order valence-corrected chi connectivity index (χ2v) is 3.45. The first-order valence-corrected chi connectivity index (χ1v) is 5.25. The van der Waals surface area contributed by atoms with Crippen LogP contribution in [0.1, 0.15) is 30.6 Å². The summed E-state index contributed by atoms with van der Waals surface area (Å²) in [6.45, 7) is 3.03. The zero-order valence-electron chi connectivity index (χ0n) is 9.09. The molecule has 0 radical (unpaired) electrons. The Hall–Kier alpha value is -1.82. The summed E-state index contributed by atoms with van der Waals surface area (Å²) in [7, 11) is 0. The van der Waals surface area contributed by atoms with E-state index in [-0.39, 0.29) is 6.04 Å². The van der Waals surface area contributed by atoms with Gasteiger partial charge < -0.3 is 5.32 Å². The number of aromatic amines is 1. The van der Waals surface area contributed by atoms with Gasteiger partial charge in [0.25, 0.3) is 0 Å². The molecule has 2 aromatic heterocycles. The molecule has 0 amide bonds. The number of aromatic nitrogens is 5. The Balaban J connectivity index is 2.21. The molecule has 0 aromatic carbocycles. The normalized spacial score (nSPS) is 12.6. The van der Waals surface area contributed by atoms with Crippen LogP contribution >= 0.6 is 0 Å². The quantitative estimate of drug-likeness (QED) is 0.771. The van der Waals surface area contributed by atoms with Crippen LogP contribution in [-0.2, 0) is 0 Å². The van der Waals surface area contributed by atoms with Crippen molar-refractivity contribution in [3.05, 3.63) is 36.2 Å². The van der Waals surface area contributed by atoms with Crippen molar-refractivity contribution in [1.29, 1.82) is 0 Å². The number of H-pyrrole nitrogens is 1. The van der Waals surface area contributed by atoms with Gasteiger partial charge in [-0.1, -0.05) is 6.92 Å². The monoisotopic (exact) mass is 218 g/mol. The first-order chi connectivity index (χ1) is 7.92. The van der Waals surface area contributed by atoms with Gasteiger partial charge in [-0.25, -0.2) is 9.97 Å². The minimum atomic E-state index is -0.0000926. The van der Waals surface area contributed by atoms with Crippen molar-refractivity contribution in [2.75, 3.05) is 6.54 Å². The highest BCUT2D eigenvalue weighted by atomic mass is 15.3. The maximum absolute atomic E-state index is 4.09. The molecule has 6 heteroatoms. The molecule has 1 unspecified atom stereocenters. The molecule has 2 aromatic rings. The Morgan fingerprint density at radius 2 is 2.12 bits per heavy atom. The fourth-order valence-corrected chi connectivity index (χ4v) is 1.49. The van der Waals surface area contributed by atoms with Crippen molar-refractivity contribution in [2.45, 2.75) is 19.4 Å². The molecule has 84 valence electrons. The maximum atomic E-state index is 4.09. The standard InChI is InChI=1S/C10H14N6/c1-2-3-13-10(9-6-14-16-15-9)8-4-11-7-12-5-8/h4-7,10,13H,2-3H2,1H3,(H,14,15,16). The lowest BCUT2D eigenvalue weighted by atomic mass is 10.1. The van der Waals surface area contributed by atoms with Crippen LogP contribution < -0.4 is 5.32 Å². The molecule has 0 aliphatic heterocycles. The number of nitrogens with zero attached hydrogens (tertiary/aromatic N) is 4. The van der Waals surface area contributed by atoms with E-state index in [9.17, 15) is 0 Å². The van der Waals surface area contributed by atoms with E-state index in [1.807, 2.05) is 0 Å². The Morgan fingerprint density at radius 1 is 1.31 bits per heavy atom. The first-order valence-electron chi connectivity index (χ1n) is 5.25. The van der Waals surface area contributed by atoms with Gasteiger partial charge in [0.15, 0.2) is 0 Å². The summed E-state index contributed by atoms with van der Waals surface area (Å²) >= 11 is 0. The molecule has 2 rings (SSSR count). The lowest BCUT2D eigenvalue weighted by molar-refractivity contribution is 0.581. The van der Waals surface area contributed by atoms with Crippen LogP contribution in [0.5, 0.6) is 0 Å². The molecule has 1 atom stereocenters. The molecule has 0 saturated heterocycles. The fraction of sp³-hybridized carbons (Fsp3) is 0.400. The fourth-order valence-electron chi connectivity index (χ4n) is 1.49. The molecule has 16 heavy (non-hydrogen) atoms. The maximum Gasteiger partial charge on any atom is 0.115 e. The highest BCUT2D eigenvalue weighted by molar-refractivity contribution is 5.20. The third-order valence-corrected chi connectivity index (χ3v) is 2.24. The summed E-state index contributed by atoms with van der Waals surface area (Å²) in [6, 6.07) is -0.0000926. The molecule has 6 nitrogen and oxygen atoms in total. The molecular formula is C10H14N6. The number of hydrogen-bond donors (Lipinski definition) is 2. The molecule has 0 bridgehead atoms. The molecule has 0 spiro atoms. The van der Waals surface area contributed by atoms with Gasteiger partial charge >= 0.3 is 0 Å². The van der Waals surface area contributed by atoms with Crippen molar-refractivity contribution in [2.24, 2.45) is 0 Å². The van der Waals surface area contributed by atoms with Gasteiger partial charge in [-0.2, -0.15) is 15.4 Å². The Morgan fingerprint density at radius 3 is 2.75 bits per heavy atom. The van der Waals surface area contributed by atoms with Crippen LogP contribution in [-0.4, -0.2) is 31.9 Å². The average molecular weight is 218 g/mol. The van der Waals surface area contributed by atoms with E-state index in [1.165, 1.54) is 6.33 Å². The highest BCUT2D eigenvalue weighted by Gasteiger charge is 2.16. The lowest BCUT2D eigenvalue weighted by Gasteiger charge is -2.15. The van der Waals surface area contributed by atoms with E-state index < -0.39 is 0 Å². The summed E-state index contributed by atoms with van der Waals surface area (Å²) in [5, 5.41) is 13.9. The summed E-state index contributed by atoms with van der Waals surface area (Å²) in [4.78, 5) is 8.03. The molecule has 0 aliphatic rings. The minimum absolute atomic E-state index is 0.0000926. The highest BCUT2D eigenvalue weighted by Crippen LogP contribution is 2.17. The summed E-state index contributed by atoms with van der Waals surface area (Å²) < 4.78 is 0. The molecule has 0 aliphatic carbocycles. The van der Waals surface area contributed by atoms with E-state index in [4.69, 9.17) is 0 Å². The second-order valence-electron chi connectivity index (χ2n) is 3.45. The third-order valence-electron chi connectivity index (χ3n) is 2.24. The van der Waals surface area contributed by atoms with Gasteiger partial charge in [0.1, 0.15) is 12.0 Å². The Bertz CT molecular complexity index is 399. The van der Waals surface area contributed by atoms with E-state index in [2.05, 4.69) is 37.6 Å². The molecule has 2 heterocycles. The van der Waals surface area contributed by atoms with E-state index in [0.717, 1.165) is 24.2 Å². The topological polar surface area (TPSA) is 79.4 Å². The predicted molar refractivity (Wildman–Crippen MR) is 58.6 cm³/mol. The number of nitrogens with one attached hydrogen (secondary N) is 2. The Kier molecular flexibility index (Phi) is 3.55. The van der Waals surface area contributed by atoms with Gasteiger partial charge in [0.05, 0.1) is 12.2 Å². The van der Waals surface area contributed by atoms with Crippen LogP contribution in [0.25, 0.3) is 0 Å². The van der Waals surface area contributed by atoms with Gasteiger partial charge in [-0.3, -0.25) is 0 Å². The zero-order chi connectivity index (χ0) is 11.2. The summed E-state index contributed by atoms with van der Waals surface area (Å²) in [5.41, 5.74) is 1.84. The van der Waals surface area contributed by atoms with Crippen LogP contribution in [0.3, 0.4) is 0 Å². The second kappa shape index (κ2) is 5.32. The van der Waals surface area contributed by atoms with Crippen LogP contribution in [0.4, 0.5) is 0 Å². The van der Waals surface area contributed by atoms with E-state index in [1.54, 1.807) is 18.6 Å². The minimum Gasteiger partial charge on any atom is -0.305 e. The number of hydrogen-bond acceptors (Lipinski definition) is 5. The van der Waals surface area contributed by atoms with E-state index in [0.29, 0.717) is 0 Å². The lowest BCUT2D eigenvalue weighted by Crippen LogP contribution is -2.23. The van der Waals surface area contributed by atoms with Crippen LogP contribution in [0.2, 0.25) is 0 Å². The number of rotatable bonds is 5. The van der Waals surface area contributed by atoms with Gasteiger partial charge in [-0.05, 0) is 13.0 Å². The average Bonchev–Trinajstić information content (AvgIpc) is 2.85. The predicted octanol–water partition coefficient (Wildman–Crippen LogP) is 0.684. The first kappa shape index (κ1) is 10.7. The van der Waals surface area contributed by atoms with E-state index >= 15 is 0 Å². The molecule has 0 fully saturated rings. The molecular weight excluding hydrogens is 204 g/mol. The summed E-state index contributed by atoms with van der Waals surface area (Å²) in [5.74, 6) is 0. The largest absolute Gasteiger partial charge is 0.305 e. The van der Waals surface area contributed by atoms with Gasteiger partial charge in [-0.15, -0.1) is 0 Å². The van der Waals surface area contributed by atoms with Crippen molar-refractivity contribution in [3.63, 3.8) is 0 Å². The van der Waals surface area contributed by atoms with Gasteiger partial charge in [0.2, 0.25) is 0 Å². The smallest absolute Gasteiger partial charge is 0.115 e. The van der Waals surface area contributed by atoms with Crippen molar-refractivity contribution < 1.29 is 0 Å². The van der Waals surface area contributed by atoms with Crippen LogP contribution in [0.15, 0.2) is 24.9 Å². The van der Waals surface area contributed by atoms with Crippen LogP contribution in [0, 0.1) is 0 Å². The Labute approximate surface area is 93.5 Å².